The minimum Gasteiger partial charge on any atom is -0.503 e. The Bertz CT molecular complexity index is 1390. The molecular formula is C27H23F2N3O4. The Kier molecular flexibility index (Phi) is 6.82. The highest BCUT2D eigenvalue weighted by Crippen LogP contribution is 2.29. The van der Waals surface area contributed by atoms with E-state index in [9.17, 15) is 28.3 Å². The second-order valence-electron chi connectivity index (χ2n) is 8.39. The molecule has 1 aliphatic rings. The number of anilines is 2. The van der Waals surface area contributed by atoms with Gasteiger partial charge in [-0.3, -0.25) is 19.3 Å². The number of rotatable bonds is 6. The van der Waals surface area contributed by atoms with Gasteiger partial charge in [0.05, 0.1) is 23.8 Å². The first kappa shape index (κ1) is 24.6. The Balaban J connectivity index is 1.48. The normalized spacial score (nSPS) is 14.1. The molecule has 9 heteroatoms. The topological polar surface area (TPSA) is 98.7 Å². The molecule has 0 unspecified atom stereocenters. The molecule has 0 fully saturated rings. The van der Waals surface area contributed by atoms with Crippen LogP contribution in [0.5, 0.6) is 0 Å². The van der Waals surface area contributed by atoms with Crippen molar-refractivity contribution in [3.8, 4) is 11.1 Å². The van der Waals surface area contributed by atoms with Crippen molar-refractivity contribution >= 4 is 29.1 Å². The van der Waals surface area contributed by atoms with Gasteiger partial charge in [0.2, 0.25) is 5.91 Å². The molecule has 0 radical (unpaired) electrons. The molecule has 1 atom stereocenters. The maximum absolute atomic E-state index is 14.2. The lowest BCUT2D eigenvalue weighted by atomic mass is 9.99. The first-order chi connectivity index (χ1) is 17.1. The molecule has 7 nitrogen and oxygen atoms in total. The Labute approximate surface area is 206 Å². The summed E-state index contributed by atoms with van der Waals surface area (Å²) < 4.78 is 27.4. The van der Waals surface area contributed by atoms with Gasteiger partial charge in [0, 0.05) is 18.7 Å². The summed E-state index contributed by atoms with van der Waals surface area (Å²) in [6.45, 7) is 2.83. The van der Waals surface area contributed by atoms with Crippen LogP contribution in [0, 0.1) is 11.6 Å². The van der Waals surface area contributed by atoms with Gasteiger partial charge in [0.1, 0.15) is 11.6 Å². The lowest BCUT2D eigenvalue weighted by molar-refractivity contribution is -0.119. The lowest BCUT2D eigenvalue weighted by Gasteiger charge is -2.18. The lowest BCUT2D eigenvalue weighted by Crippen LogP contribution is -2.32. The summed E-state index contributed by atoms with van der Waals surface area (Å²) in [7, 11) is 0. The second-order valence-corrected chi connectivity index (χ2v) is 8.39. The van der Waals surface area contributed by atoms with Gasteiger partial charge >= 0.3 is 0 Å². The summed E-state index contributed by atoms with van der Waals surface area (Å²) in [5.74, 6) is -4.35. The predicted octanol–water partition coefficient (Wildman–Crippen LogP) is 4.63. The summed E-state index contributed by atoms with van der Waals surface area (Å²) in [6.07, 6.45) is 0. The maximum atomic E-state index is 14.2. The van der Waals surface area contributed by atoms with Crippen molar-refractivity contribution in [2.75, 3.05) is 16.8 Å². The van der Waals surface area contributed by atoms with Crippen LogP contribution in [-0.2, 0) is 14.4 Å². The van der Waals surface area contributed by atoms with Crippen LogP contribution in [0.1, 0.15) is 25.5 Å². The van der Waals surface area contributed by atoms with Gasteiger partial charge in [-0.2, -0.15) is 0 Å². The molecule has 0 spiro atoms. The number of hydrogen-bond donors (Lipinski definition) is 3. The van der Waals surface area contributed by atoms with Gasteiger partial charge < -0.3 is 15.7 Å². The SMILES string of the molecule is CC(=O)Nc1ccc(-c2cccc([C@@H](C)NC(=O)C3=C(O)C(=O)N(c4ccc(F)cc4F)C3)c2)cc1. The zero-order valence-corrected chi connectivity index (χ0v) is 19.5. The highest BCUT2D eigenvalue weighted by atomic mass is 19.1. The molecule has 1 aliphatic heterocycles. The highest BCUT2D eigenvalue weighted by molar-refractivity contribution is 6.14. The number of aliphatic hydroxyl groups is 1. The molecule has 36 heavy (non-hydrogen) atoms. The zero-order valence-electron chi connectivity index (χ0n) is 19.5. The van der Waals surface area contributed by atoms with Crippen molar-refractivity contribution in [2.24, 2.45) is 0 Å². The number of nitrogens with one attached hydrogen (secondary N) is 2. The molecule has 184 valence electrons. The van der Waals surface area contributed by atoms with Crippen molar-refractivity contribution in [1.29, 1.82) is 0 Å². The minimum atomic E-state index is -0.979. The van der Waals surface area contributed by atoms with Crippen molar-refractivity contribution in [3.63, 3.8) is 0 Å². The van der Waals surface area contributed by atoms with Crippen LogP contribution < -0.4 is 15.5 Å². The third-order valence-corrected chi connectivity index (χ3v) is 5.80. The summed E-state index contributed by atoms with van der Waals surface area (Å²) >= 11 is 0. The third kappa shape index (κ3) is 5.10. The maximum Gasteiger partial charge on any atom is 0.294 e. The Morgan fingerprint density at radius 1 is 1.00 bits per heavy atom. The molecule has 3 N–H and O–H groups in total. The van der Waals surface area contributed by atoms with E-state index < -0.39 is 35.2 Å². The fraction of sp³-hybridized carbons (Fsp3) is 0.148. The Hall–Kier alpha value is -4.53. The van der Waals surface area contributed by atoms with E-state index in [-0.39, 0.29) is 23.7 Å². The van der Waals surface area contributed by atoms with Gasteiger partial charge in [-0.1, -0.05) is 30.3 Å². The number of halogens is 2. The summed E-state index contributed by atoms with van der Waals surface area (Å²) in [5.41, 5.74) is 2.80. The molecule has 4 rings (SSSR count). The van der Waals surface area contributed by atoms with E-state index in [0.29, 0.717) is 11.8 Å². The smallest absolute Gasteiger partial charge is 0.294 e. The molecule has 3 aromatic rings. The minimum absolute atomic E-state index is 0.162. The summed E-state index contributed by atoms with van der Waals surface area (Å²) in [4.78, 5) is 37.4. The monoisotopic (exact) mass is 491 g/mol. The van der Waals surface area contributed by atoms with E-state index >= 15 is 0 Å². The molecule has 1 heterocycles. The van der Waals surface area contributed by atoms with E-state index in [0.717, 1.165) is 33.7 Å². The molecule has 0 saturated carbocycles. The summed E-state index contributed by atoms with van der Waals surface area (Å²) in [6, 6.07) is 17.0. The molecular weight excluding hydrogens is 468 g/mol. The van der Waals surface area contributed by atoms with Gasteiger partial charge in [-0.25, -0.2) is 8.78 Å². The molecule has 0 saturated heterocycles. The van der Waals surface area contributed by atoms with E-state index in [1.807, 2.05) is 36.4 Å². The van der Waals surface area contributed by atoms with Crippen LogP contribution in [0.4, 0.5) is 20.2 Å². The van der Waals surface area contributed by atoms with Crippen LogP contribution in [0.3, 0.4) is 0 Å². The molecule has 0 aliphatic carbocycles. The fourth-order valence-corrected chi connectivity index (χ4v) is 3.94. The van der Waals surface area contributed by atoms with Gasteiger partial charge in [0.15, 0.2) is 5.76 Å². The van der Waals surface area contributed by atoms with Crippen LogP contribution >= 0.6 is 0 Å². The molecule has 3 aromatic carbocycles. The Morgan fingerprint density at radius 3 is 2.39 bits per heavy atom. The largest absolute Gasteiger partial charge is 0.503 e. The number of carbonyl (C=O) groups excluding carboxylic acids is 3. The van der Waals surface area contributed by atoms with Gasteiger partial charge in [0.25, 0.3) is 11.8 Å². The number of hydrogen-bond acceptors (Lipinski definition) is 4. The van der Waals surface area contributed by atoms with E-state index in [4.69, 9.17) is 0 Å². The first-order valence-electron chi connectivity index (χ1n) is 11.1. The standard InChI is InChI=1S/C27H23F2N3O4/c1-15(18-4-3-5-19(12-18)17-6-9-21(10-7-17)31-16(2)33)30-26(35)22-14-32(27(36)25(22)34)24-11-8-20(28)13-23(24)29/h3-13,15,34H,14H2,1-2H3,(H,30,35)(H,31,33)/t15-/m1/s1. The van der Waals surface area contributed by atoms with E-state index in [1.54, 1.807) is 19.1 Å². The predicted molar refractivity (Wildman–Crippen MR) is 131 cm³/mol. The van der Waals surface area contributed by atoms with E-state index in [2.05, 4.69) is 10.6 Å². The third-order valence-electron chi connectivity index (χ3n) is 5.80. The molecule has 0 aromatic heterocycles. The first-order valence-corrected chi connectivity index (χ1v) is 11.1. The number of aliphatic hydroxyl groups excluding tert-OH is 1. The van der Waals surface area contributed by atoms with Gasteiger partial charge in [-0.05, 0) is 53.9 Å². The van der Waals surface area contributed by atoms with Crippen LogP contribution in [0.25, 0.3) is 11.1 Å². The van der Waals surface area contributed by atoms with Crippen molar-refractivity contribution in [2.45, 2.75) is 19.9 Å². The van der Waals surface area contributed by atoms with Crippen molar-refractivity contribution < 1.29 is 28.3 Å². The number of nitrogens with zero attached hydrogens (tertiary/aromatic N) is 1. The van der Waals surface area contributed by atoms with E-state index in [1.165, 1.54) is 6.92 Å². The molecule has 0 bridgehead atoms. The van der Waals surface area contributed by atoms with Gasteiger partial charge in [-0.15, -0.1) is 0 Å². The number of carbonyl (C=O) groups is 3. The van der Waals surface area contributed by atoms with Crippen molar-refractivity contribution in [3.05, 3.63) is 95.3 Å². The Morgan fingerprint density at radius 2 is 1.72 bits per heavy atom. The summed E-state index contributed by atoms with van der Waals surface area (Å²) in [5, 5.41) is 15.7. The fourth-order valence-electron chi connectivity index (χ4n) is 3.94. The van der Waals surface area contributed by atoms with Crippen LogP contribution in [0.15, 0.2) is 78.1 Å². The average molecular weight is 491 g/mol. The number of amides is 3. The average Bonchev–Trinajstić information content (AvgIpc) is 3.13. The zero-order chi connectivity index (χ0) is 26.0. The molecule has 3 amide bonds. The van der Waals surface area contributed by atoms with Crippen molar-refractivity contribution in [1.82, 2.24) is 5.32 Å². The highest BCUT2D eigenvalue weighted by Gasteiger charge is 2.36. The van der Waals surface area contributed by atoms with Crippen LogP contribution in [0.2, 0.25) is 0 Å². The second kappa shape index (κ2) is 9.99. The number of benzene rings is 3. The quantitative estimate of drug-likeness (QED) is 0.468. The van der Waals surface area contributed by atoms with Crippen LogP contribution in [-0.4, -0.2) is 29.4 Å².